The van der Waals surface area contributed by atoms with Gasteiger partial charge in [0.1, 0.15) is 5.69 Å². The van der Waals surface area contributed by atoms with Gasteiger partial charge in [-0.1, -0.05) is 13.3 Å². The molecule has 0 bridgehead atoms. The van der Waals surface area contributed by atoms with Gasteiger partial charge in [0.05, 0.1) is 11.3 Å². The molecule has 0 aromatic carbocycles. The van der Waals surface area contributed by atoms with E-state index in [0.29, 0.717) is 22.6 Å². The number of alkyl halides is 3. The predicted molar refractivity (Wildman–Crippen MR) is 107 cm³/mol. The first-order chi connectivity index (χ1) is 13.4. The highest BCUT2D eigenvalue weighted by Gasteiger charge is 2.38. The number of aromatic amines is 1. The highest BCUT2D eigenvalue weighted by molar-refractivity contribution is 5.90. The van der Waals surface area contributed by atoms with Crippen LogP contribution in [0.3, 0.4) is 0 Å². The number of nitrogens with one attached hydrogen (secondary N) is 1. The first-order valence-corrected chi connectivity index (χ1v) is 9.51. The van der Waals surface area contributed by atoms with Crippen LogP contribution in [0.25, 0.3) is 22.4 Å². The maximum atomic E-state index is 13.7. The van der Waals surface area contributed by atoms with Crippen LogP contribution in [0.1, 0.15) is 54.1 Å². The molecule has 0 amide bonds. The molecule has 1 saturated carbocycles. The van der Waals surface area contributed by atoms with E-state index in [1.54, 1.807) is 18.3 Å². The second-order valence-corrected chi connectivity index (χ2v) is 7.48. The van der Waals surface area contributed by atoms with Crippen LogP contribution in [0, 0.1) is 5.92 Å². The summed E-state index contributed by atoms with van der Waals surface area (Å²) in [5, 5.41) is 7.25. The highest BCUT2D eigenvalue weighted by Crippen LogP contribution is 2.42. The van der Waals surface area contributed by atoms with Crippen LogP contribution in [-0.2, 0) is 6.18 Å². The monoisotopic (exact) mass is 395 g/mol. The van der Waals surface area contributed by atoms with Crippen molar-refractivity contribution in [3.8, 4) is 11.4 Å². The summed E-state index contributed by atoms with van der Waals surface area (Å²) in [6, 6.07) is 6.05. The number of halogens is 3. The van der Waals surface area contributed by atoms with Crippen LogP contribution >= 0.6 is 0 Å². The van der Waals surface area contributed by atoms with Crippen LogP contribution in [-0.4, -0.2) is 26.2 Å². The Morgan fingerprint density at radius 3 is 2.82 bits per heavy atom. The Labute approximate surface area is 165 Å². The Balaban J connectivity index is 0.00000160. The summed E-state index contributed by atoms with van der Waals surface area (Å²) in [7, 11) is 0. The molecule has 28 heavy (non-hydrogen) atoms. The summed E-state index contributed by atoms with van der Waals surface area (Å²) in [5.74, 6) is 0.458. The number of hydrogen-bond donors (Lipinski definition) is 2. The second kappa shape index (κ2) is 7.16. The zero-order valence-electron chi connectivity index (χ0n) is 15.5. The molecule has 0 radical (unpaired) electrons. The van der Waals surface area contributed by atoms with Crippen LogP contribution < -0.4 is 5.73 Å². The Kier molecular flexibility index (Phi) is 4.82. The van der Waals surface area contributed by atoms with E-state index in [1.807, 2.05) is 0 Å². The summed E-state index contributed by atoms with van der Waals surface area (Å²) in [5.41, 5.74) is 6.62. The molecular formula is C20H28F3N5. The van der Waals surface area contributed by atoms with E-state index in [1.165, 1.54) is 6.07 Å². The van der Waals surface area contributed by atoms with Crippen molar-refractivity contribution >= 4 is 11.0 Å². The second-order valence-electron chi connectivity index (χ2n) is 7.48. The Hall–Kier alpha value is -2.48. The average molecular weight is 395 g/mol. The van der Waals surface area contributed by atoms with Gasteiger partial charge in [-0.2, -0.15) is 18.3 Å². The van der Waals surface area contributed by atoms with E-state index < -0.39 is 11.7 Å². The van der Waals surface area contributed by atoms with Crippen molar-refractivity contribution in [3.63, 3.8) is 0 Å². The summed E-state index contributed by atoms with van der Waals surface area (Å²) in [6.07, 6.45) is 0.713. The van der Waals surface area contributed by atoms with Crippen LogP contribution in [0.15, 0.2) is 30.5 Å². The molecule has 3 aromatic heterocycles. The fraction of sp³-hybridized carbons (Fsp3) is 0.450. The Morgan fingerprint density at radius 2 is 2.07 bits per heavy atom. The molecule has 0 saturated heterocycles. The molecule has 3 atom stereocenters. The molecule has 3 aromatic rings. The van der Waals surface area contributed by atoms with Crippen molar-refractivity contribution in [3.05, 3.63) is 41.7 Å². The number of fused-ring (bicyclic) bond motifs is 1. The van der Waals surface area contributed by atoms with E-state index in [-0.39, 0.29) is 27.6 Å². The molecule has 154 valence electrons. The lowest BCUT2D eigenvalue weighted by Crippen LogP contribution is -2.24. The third kappa shape index (κ3) is 3.37. The fourth-order valence-electron chi connectivity index (χ4n) is 4.25. The smallest absolute Gasteiger partial charge is 0.327 e. The highest BCUT2D eigenvalue weighted by atomic mass is 19.4. The van der Waals surface area contributed by atoms with Crippen molar-refractivity contribution in [2.75, 3.05) is 0 Å². The Morgan fingerprint density at radius 1 is 1.25 bits per heavy atom. The minimum Gasteiger partial charge on any atom is -0.327 e. The first kappa shape index (κ1) is 18.9. The summed E-state index contributed by atoms with van der Waals surface area (Å²) < 4.78 is 41.0. The lowest BCUT2D eigenvalue weighted by atomic mass is 9.96. The van der Waals surface area contributed by atoms with Gasteiger partial charge < -0.3 is 5.73 Å². The topological polar surface area (TPSA) is 80.5 Å². The molecule has 8 heteroatoms. The van der Waals surface area contributed by atoms with Crippen molar-refractivity contribution in [1.82, 2.24) is 20.2 Å². The van der Waals surface area contributed by atoms with Gasteiger partial charge in [-0.25, -0.2) is 4.98 Å². The van der Waals surface area contributed by atoms with Gasteiger partial charge in [0.25, 0.3) is 0 Å². The molecule has 3 N–H and O–H groups in total. The number of pyridine rings is 2. The summed E-state index contributed by atoms with van der Waals surface area (Å²) in [6.45, 7) is 2.12. The quantitative estimate of drug-likeness (QED) is 0.620. The third-order valence-electron chi connectivity index (χ3n) is 5.62. The van der Waals surface area contributed by atoms with Gasteiger partial charge in [0.2, 0.25) is 0 Å². The number of nitrogens with zero attached hydrogens (tertiary/aromatic N) is 3. The number of rotatable bonds is 4. The summed E-state index contributed by atoms with van der Waals surface area (Å²) in [4.78, 5) is 8.56. The number of nitrogens with two attached hydrogens (primary N) is 1. The minimum atomic E-state index is -4.52. The fourth-order valence-corrected chi connectivity index (χ4v) is 4.25. The van der Waals surface area contributed by atoms with E-state index >= 15 is 0 Å². The van der Waals surface area contributed by atoms with E-state index in [4.69, 9.17) is 5.73 Å². The summed E-state index contributed by atoms with van der Waals surface area (Å²) >= 11 is 0. The largest absolute Gasteiger partial charge is 0.418 e. The van der Waals surface area contributed by atoms with Crippen molar-refractivity contribution in [2.24, 2.45) is 11.7 Å². The lowest BCUT2D eigenvalue weighted by molar-refractivity contribution is -0.137. The van der Waals surface area contributed by atoms with Crippen molar-refractivity contribution in [2.45, 2.75) is 50.7 Å². The maximum absolute atomic E-state index is 13.7. The number of aromatic nitrogens is 4. The van der Waals surface area contributed by atoms with Crippen LogP contribution in [0.5, 0.6) is 0 Å². The lowest BCUT2D eigenvalue weighted by Gasteiger charge is -2.16. The molecule has 0 aliphatic heterocycles. The van der Waals surface area contributed by atoms with Crippen LogP contribution in [0.4, 0.5) is 13.2 Å². The first-order valence-electron chi connectivity index (χ1n) is 9.51. The van der Waals surface area contributed by atoms with E-state index in [9.17, 15) is 13.2 Å². The van der Waals surface area contributed by atoms with E-state index in [2.05, 4.69) is 27.1 Å². The molecule has 4 rings (SSSR count). The van der Waals surface area contributed by atoms with E-state index in [0.717, 1.165) is 31.7 Å². The Bertz CT molecular complexity index is 996. The third-order valence-corrected chi connectivity index (χ3v) is 5.62. The molecule has 1 aliphatic carbocycles. The molecular weight excluding hydrogens is 367 g/mol. The van der Waals surface area contributed by atoms with Gasteiger partial charge in [0, 0.05) is 33.5 Å². The van der Waals surface area contributed by atoms with Gasteiger partial charge >= 0.3 is 6.18 Å². The molecule has 1 aliphatic rings. The van der Waals surface area contributed by atoms with Crippen LogP contribution in [0.2, 0.25) is 0 Å². The number of H-pyrrole nitrogens is 1. The van der Waals surface area contributed by atoms with Crippen molar-refractivity contribution in [1.29, 1.82) is 0 Å². The average Bonchev–Trinajstić information content (AvgIpc) is 3.25. The number of hydrogen-bond acceptors (Lipinski definition) is 4. The van der Waals surface area contributed by atoms with Gasteiger partial charge in [0.15, 0.2) is 5.65 Å². The maximum Gasteiger partial charge on any atom is 0.418 e. The molecule has 1 unspecified atom stereocenters. The molecule has 0 spiro atoms. The van der Waals surface area contributed by atoms with Gasteiger partial charge in [-0.3, -0.25) is 10.1 Å². The molecule has 1 fully saturated rings. The van der Waals surface area contributed by atoms with Gasteiger partial charge in [-0.05, 0) is 49.4 Å². The minimum absolute atomic E-state index is 0. The normalized spacial score (nSPS) is 22.8. The SMILES string of the molecule is CCC[C@@H]1CC(c2ccc(C(F)(F)F)c(-c3[nH]nc4ncccc34)n2)C[C@@H]1N.[HH].[HH].[HH]. The molecule has 5 nitrogen and oxygen atoms in total. The zero-order chi connectivity index (χ0) is 19.9. The standard InChI is InChI=1S/C20H22F3N5.3H2/c1-2-4-11-9-12(10-15(11)24)16-7-6-14(20(21,22)23)18(26-16)17-13-5-3-8-25-19(13)28-27-17;;;/h3,5-8,11-12,15H,2,4,9-10,24H2,1H3,(H,25,27,28);3*1H/t11-,12?,15+;;;/m1.../s1. The zero-order valence-corrected chi connectivity index (χ0v) is 15.5. The molecule has 3 heterocycles. The van der Waals surface area contributed by atoms with Crippen molar-refractivity contribution < 1.29 is 17.5 Å². The predicted octanol–water partition coefficient (Wildman–Crippen LogP) is 5.40. The van der Waals surface area contributed by atoms with Gasteiger partial charge in [-0.15, -0.1) is 0 Å².